The van der Waals surface area contributed by atoms with E-state index in [9.17, 15) is 9.18 Å². The number of benzene rings is 1. The summed E-state index contributed by atoms with van der Waals surface area (Å²) in [6.45, 7) is 5.23. The Labute approximate surface area is 201 Å². The number of hydrogen-bond acceptors (Lipinski definition) is 8. The molecule has 0 unspecified atom stereocenters. The van der Waals surface area contributed by atoms with E-state index in [0.29, 0.717) is 21.9 Å². The molecule has 2 aromatic heterocycles. The quantitative estimate of drug-likeness (QED) is 0.472. The molecule has 2 N–H and O–H groups in total. The van der Waals surface area contributed by atoms with E-state index in [4.69, 9.17) is 14.8 Å². The minimum atomic E-state index is -0.330. The number of nitrogens with one attached hydrogen (secondary N) is 2. The molecule has 2 fully saturated rings. The zero-order valence-corrected chi connectivity index (χ0v) is 20.1. The number of halogens is 1. The summed E-state index contributed by atoms with van der Waals surface area (Å²) in [5, 5.41) is 5.63. The second kappa shape index (κ2) is 10.3. The number of hydrazine groups is 1. The lowest BCUT2D eigenvalue weighted by Gasteiger charge is -2.34. The van der Waals surface area contributed by atoms with Crippen molar-refractivity contribution in [3.63, 3.8) is 0 Å². The molecule has 1 saturated heterocycles. The van der Waals surface area contributed by atoms with E-state index in [-0.39, 0.29) is 17.8 Å². The molecule has 3 aromatic rings. The Morgan fingerprint density at radius 2 is 1.91 bits per heavy atom. The van der Waals surface area contributed by atoms with E-state index in [1.165, 1.54) is 36.3 Å². The highest BCUT2D eigenvalue weighted by Gasteiger charge is 2.27. The van der Waals surface area contributed by atoms with Gasteiger partial charge in [-0.1, -0.05) is 24.2 Å². The van der Waals surface area contributed by atoms with Crippen LogP contribution in [0, 0.1) is 5.82 Å². The van der Waals surface area contributed by atoms with E-state index in [2.05, 4.69) is 20.7 Å². The zero-order chi connectivity index (χ0) is 23.5. The predicted octanol–water partition coefficient (Wildman–Crippen LogP) is 2.54. The Morgan fingerprint density at radius 1 is 1.18 bits per heavy atom. The number of hydrogen-bond donors (Lipinski definition) is 2. The molecule has 182 valence electrons. The highest BCUT2D eigenvalue weighted by Crippen LogP contribution is 2.31. The molecule has 2 aliphatic rings. The standard InChI is InChI=1S/C23H30FN7O2S/c1-33-15-14-29-10-12-30(13-11-29)23-28-31-20(21(32)27-26-18-4-2-3-5-18)19(25-22(31)34-23)16-6-8-17(24)9-7-16/h6-9,18,26H,2-5,10-15H2,1H3,(H,27,32). The molecule has 5 rings (SSSR count). The van der Waals surface area contributed by atoms with Crippen molar-refractivity contribution in [1.29, 1.82) is 0 Å². The molecule has 3 heterocycles. The summed E-state index contributed by atoms with van der Waals surface area (Å²) < 4.78 is 20.3. The predicted molar refractivity (Wildman–Crippen MR) is 130 cm³/mol. The first-order chi connectivity index (χ1) is 16.6. The first-order valence-corrected chi connectivity index (χ1v) is 12.6. The number of methoxy groups -OCH3 is 1. The summed E-state index contributed by atoms with van der Waals surface area (Å²) in [5.41, 5.74) is 7.56. The van der Waals surface area contributed by atoms with Gasteiger partial charge in [0.25, 0.3) is 5.91 Å². The number of carbonyl (C=O) groups excluding carboxylic acids is 1. The molecule has 1 aromatic carbocycles. The SMILES string of the molecule is COCCN1CCN(c2nn3c(C(=O)NNC4CCCC4)c(-c4ccc(F)cc4)nc3s2)CC1. The number of imidazole rings is 1. The van der Waals surface area contributed by atoms with Gasteiger partial charge in [-0.3, -0.25) is 15.1 Å². The summed E-state index contributed by atoms with van der Waals surface area (Å²) in [4.78, 5) is 23.3. The highest BCUT2D eigenvalue weighted by molar-refractivity contribution is 7.20. The molecule has 34 heavy (non-hydrogen) atoms. The maximum atomic E-state index is 13.5. The fraction of sp³-hybridized carbons (Fsp3) is 0.522. The van der Waals surface area contributed by atoms with Gasteiger partial charge in [0.2, 0.25) is 10.1 Å². The molecule has 0 bridgehead atoms. The third-order valence-electron chi connectivity index (χ3n) is 6.53. The molecule has 1 aliphatic carbocycles. The Morgan fingerprint density at radius 3 is 2.62 bits per heavy atom. The Kier molecular flexibility index (Phi) is 7.05. The number of piperazine rings is 1. The van der Waals surface area contributed by atoms with E-state index in [0.717, 1.165) is 57.3 Å². The number of anilines is 1. The Balaban J connectivity index is 1.40. The van der Waals surface area contributed by atoms with Gasteiger partial charge in [-0.05, 0) is 37.1 Å². The van der Waals surface area contributed by atoms with Gasteiger partial charge in [0.1, 0.15) is 11.5 Å². The van der Waals surface area contributed by atoms with Crippen molar-refractivity contribution < 1.29 is 13.9 Å². The topological polar surface area (TPSA) is 87.0 Å². The van der Waals surface area contributed by atoms with Crippen LogP contribution in [0.3, 0.4) is 0 Å². The fourth-order valence-electron chi connectivity index (χ4n) is 4.56. The number of fused-ring (bicyclic) bond motifs is 1. The number of carbonyl (C=O) groups is 1. The maximum Gasteiger partial charge on any atom is 0.286 e. The van der Waals surface area contributed by atoms with Crippen molar-refractivity contribution in [2.24, 2.45) is 0 Å². The molecule has 1 saturated carbocycles. The summed E-state index contributed by atoms with van der Waals surface area (Å²) in [6, 6.07) is 6.32. The maximum absolute atomic E-state index is 13.5. The third kappa shape index (κ3) is 4.92. The van der Waals surface area contributed by atoms with Crippen LogP contribution in [0.1, 0.15) is 36.2 Å². The largest absolute Gasteiger partial charge is 0.383 e. The molecule has 0 spiro atoms. The number of amides is 1. The molecule has 1 aliphatic heterocycles. The summed E-state index contributed by atoms with van der Waals surface area (Å²) >= 11 is 1.47. The van der Waals surface area contributed by atoms with Crippen LogP contribution in [0.15, 0.2) is 24.3 Å². The Bertz CT molecular complexity index is 1120. The van der Waals surface area contributed by atoms with E-state index >= 15 is 0 Å². The van der Waals surface area contributed by atoms with Gasteiger partial charge in [-0.25, -0.2) is 14.8 Å². The number of aromatic nitrogens is 3. The van der Waals surface area contributed by atoms with Crippen molar-refractivity contribution in [3.05, 3.63) is 35.8 Å². The summed E-state index contributed by atoms with van der Waals surface area (Å²) in [5.74, 6) is -0.622. The van der Waals surface area contributed by atoms with E-state index in [1.54, 1.807) is 23.8 Å². The van der Waals surface area contributed by atoms with Crippen LogP contribution < -0.4 is 15.8 Å². The van der Waals surface area contributed by atoms with Crippen LogP contribution in [-0.4, -0.2) is 77.9 Å². The van der Waals surface area contributed by atoms with Gasteiger partial charge in [0.15, 0.2) is 5.69 Å². The van der Waals surface area contributed by atoms with Crippen molar-refractivity contribution in [1.82, 2.24) is 30.3 Å². The van der Waals surface area contributed by atoms with Gasteiger partial charge in [0, 0.05) is 51.4 Å². The first kappa shape index (κ1) is 23.2. The normalized spacial score (nSPS) is 17.6. The summed E-state index contributed by atoms with van der Waals surface area (Å²) in [7, 11) is 1.72. The zero-order valence-electron chi connectivity index (χ0n) is 19.3. The smallest absolute Gasteiger partial charge is 0.286 e. The molecular formula is C23H30FN7O2S. The van der Waals surface area contributed by atoms with Crippen molar-refractivity contribution in [2.45, 2.75) is 31.7 Å². The minimum absolute atomic E-state index is 0.280. The third-order valence-corrected chi connectivity index (χ3v) is 7.49. The number of rotatable bonds is 8. The first-order valence-electron chi connectivity index (χ1n) is 11.8. The van der Waals surface area contributed by atoms with Crippen LogP contribution in [0.2, 0.25) is 0 Å². The lowest BCUT2D eigenvalue weighted by molar-refractivity contribution is 0.0919. The number of nitrogens with zero attached hydrogens (tertiary/aromatic N) is 5. The number of ether oxygens (including phenoxy) is 1. The van der Waals surface area contributed by atoms with Gasteiger partial charge in [-0.2, -0.15) is 4.52 Å². The second-order valence-corrected chi connectivity index (χ2v) is 9.73. The second-order valence-electron chi connectivity index (χ2n) is 8.80. The van der Waals surface area contributed by atoms with Crippen molar-refractivity contribution >= 4 is 27.3 Å². The van der Waals surface area contributed by atoms with Crippen LogP contribution >= 0.6 is 11.3 Å². The van der Waals surface area contributed by atoms with E-state index in [1.807, 2.05) is 0 Å². The molecule has 1 amide bonds. The molecular weight excluding hydrogens is 457 g/mol. The average Bonchev–Trinajstić information content (AvgIpc) is 3.58. The van der Waals surface area contributed by atoms with Crippen LogP contribution in [-0.2, 0) is 4.74 Å². The van der Waals surface area contributed by atoms with Crippen LogP contribution in [0.25, 0.3) is 16.2 Å². The Hall–Kier alpha value is -2.60. The van der Waals surface area contributed by atoms with Gasteiger partial charge < -0.3 is 9.64 Å². The van der Waals surface area contributed by atoms with Crippen LogP contribution in [0.5, 0.6) is 0 Å². The van der Waals surface area contributed by atoms with Crippen molar-refractivity contribution in [2.75, 3.05) is 51.3 Å². The molecule has 9 nitrogen and oxygen atoms in total. The lowest BCUT2D eigenvalue weighted by atomic mass is 10.1. The molecule has 0 radical (unpaired) electrons. The van der Waals surface area contributed by atoms with Gasteiger partial charge >= 0.3 is 0 Å². The van der Waals surface area contributed by atoms with E-state index < -0.39 is 0 Å². The fourth-order valence-corrected chi connectivity index (χ4v) is 5.51. The summed E-state index contributed by atoms with van der Waals surface area (Å²) in [6.07, 6.45) is 4.42. The van der Waals surface area contributed by atoms with Gasteiger partial charge in [0.05, 0.1) is 6.61 Å². The molecule has 11 heteroatoms. The van der Waals surface area contributed by atoms with Gasteiger partial charge in [-0.15, -0.1) is 5.10 Å². The van der Waals surface area contributed by atoms with Crippen molar-refractivity contribution in [3.8, 4) is 11.3 Å². The lowest BCUT2D eigenvalue weighted by Crippen LogP contribution is -2.47. The minimum Gasteiger partial charge on any atom is -0.383 e. The average molecular weight is 488 g/mol. The highest BCUT2D eigenvalue weighted by atomic mass is 32.1. The van der Waals surface area contributed by atoms with Crippen LogP contribution in [0.4, 0.5) is 9.52 Å². The monoisotopic (exact) mass is 487 g/mol. The molecule has 0 atom stereocenters.